The maximum atomic E-state index is 12.4. The summed E-state index contributed by atoms with van der Waals surface area (Å²) in [5, 5.41) is 0. The number of rotatable bonds is 2. The molecule has 2 N–H and O–H groups in total. The summed E-state index contributed by atoms with van der Waals surface area (Å²) in [5.74, 6) is 5.75. The number of hydrogen-bond acceptors (Lipinski definition) is 3. The molecule has 4 heteroatoms. The van der Waals surface area contributed by atoms with Gasteiger partial charge in [0.15, 0.2) is 0 Å². The Kier molecular flexibility index (Phi) is 4.78. The van der Waals surface area contributed by atoms with E-state index < -0.39 is 0 Å². The van der Waals surface area contributed by atoms with Crippen LogP contribution in [0, 0.1) is 11.8 Å². The van der Waals surface area contributed by atoms with Gasteiger partial charge in [0.1, 0.15) is 0 Å². The lowest BCUT2D eigenvalue weighted by Crippen LogP contribution is -2.40. The number of benzene rings is 1. The first kappa shape index (κ1) is 14.6. The van der Waals surface area contributed by atoms with Crippen LogP contribution in [0.5, 0.6) is 0 Å². The van der Waals surface area contributed by atoms with Gasteiger partial charge in [0.05, 0.1) is 18.7 Å². The highest BCUT2D eigenvalue weighted by Crippen LogP contribution is 2.20. The van der Waals surface area contributed by atoms with Gasteiger partial charge in [-0.25, -0.2) is 0 Å². The SMILES string of the molecule is CC1OCCC1N(C)C(=O)c1ccc(C#CCN)cc1. The van der Waals surface area contributed by atoms with Crippen molar-refractivity contribution in [2.45, 2.75) is 25.5 Å². The zero-order valence-electron chi connectivity index (χ0n) is 11.9. The first-order valence-corrected chi connectivity index (χ1v) is 6.81. The van der Waals surface area contributed by atoms with E-state index in [4.69, 9.17) is 10.5 Å². The fourth-order valence-electron chi connectivity index (χ4n) is 2.43. The van der Waals surface area contributed by atoms with Crippen LogP contribution in [0.2, 0.25) is 0 Å². The molecule has 106 valence electrons. The van der Waals surface area contributed by atoms with Gasteiger partial charge in [-0.15, -0.1) is 0 Å². The van der Waals surface area contributed by atoms with E-state index in [9.17, 15) is 4.79 Å². The highest BCUT2D eigenvalue weighted by Gasteiger charge is 2.30. The van der Waals surface area contributed by atoms with Gasteiger partial charge >= 0.3 is 0 Å². The zero-order chi connectivity index (χ0) is 14.5. The molecule has 1 aliphatic rings. The van der Waals surface area contributed by atoms with Gasteiger partial charge in [-0.3, -0.25) is 4.79 Å². The third-order valence-electron chi connectivity index (χ3n) is 3.62. The van der Waals surface area contributed by atoms with Gasteiger partial charge in [0.2, 0.25) is 0 Å². The van der Waals surface area contributed by atoms with E-state index in [1.165, 1.54) is 0 Å². The van der Waals surface area contributed by atoms with Gasteiger partial charge in [-0.1, -0.05) is 11.8 Å². The molecule has 1 aromatic carbocycles. The van der Waals surface area contributed by atoms with Crippen LogP contribution in [0.25, 0.3) is 0 Å². The highest BCUT2D eigenvalue weighted by atomic mass is 16.5. The monoisotopic (exact) mass is 272 g/mol. The summed E-state index contributed by atoms with van der Waals surface area (Å²) in [6, 6.07) is 7.45. The fraction of sp³-hybridized carbons (Fsp3) is 0.438. The Labute approximate surface area is 119 Å². The van der Waals surface area contributed by atoms with Crippen LogP contribution in [0.4, 0.5) is 0 Å². The average molecular weight is 272 g/mol. The van der Waals surface area contributed by atoms with Crippen molar-refractivity contribution in [3.8, 4) is 11.8 Å². The Morgan fingerprint density at radius 2 is 2.15 bits per heavy atom. The smallest absolute Gasteiger partial charge is 0.253 e. The molecule has 0 radical (unpaired) electrons. The molecule has 2 atom stereocenters. The zero-order valence-corrected chi connectivity index (χ0v) is 11.9. The molecule has 1 heterocycles. The molecule has 20 heavy (non-hydrogen) atoms. The molecule has 0 bridgehead atoms. The number of carbonyl (C=O) groups excluding carboxylic acids is 1. The lowest BCUT2D eigenvalue weighted by atomic mass is 10.1. The fourth-order valence-corrected chi connectivity index (χ4v) is 2.43. The Morgan fingerprint density at radius 3 is 2.70 bits per heavy atom. The van der Waals surface area contributed by atoms with Gasteiger partial charge in [0, 0.05) is 24.8 Å². The first-order valence-electron chi connectivity index (χ1n) is 6.81. The van der Waals surface area contributed by atoms with Crippen LogP contribution in [-0.2, 0) is 4.74 Å². The molecule has 0 aromatic heterocycles. The van der Waals surface area contributed by atoms with E-state index in [1.54, 1.807) is 17.0 Å². The van der Waals surface area contributed by atoms with E-state index in [1.807, 2.05) is 26.1 Å². The summed E-state index contributed by atoms with van der Waals surface area (Å²) in [6.07, 6.45) is 0.988. The largest absolute Gasteiger partial charge is 0.376 e. The molecule has 1 aliphatic heterocycles. The third kappa shape index (κ3) is 3.19. The minimum absolute atomic E-state index is 0.0192. The van der Waals surface area contributed by atoms with Crippen molar-refractivity contribution >= 4 is 5.91 Å². The maximum absolute atomic E-state index is 12.4. The van der Waals surface area contributed by atoms with Crippen molar-refractivity contribution in [3.05, 3.63) is 35.4 Å². The van der Waals surface area contributed by atoms with Crippen LogP contribution in [-0.4, -0.2) is 43.2 Å². The molecular weight excluding hydrogens is 252 g/mol. The quantitative estimate of drug-likeness (QED) is 0.824. The van der Waals surface area contributed by atoms with Crippen LogP contribution in [0.3, 0.4) is 0 Å². The van der Waals surface area contributed by atoms with Crippen LogP contribution in [0.1, 0.15) is 29.3 Å². The molecule has 0 saturated carbocycles. The molecular formula is C16H20N2O2. The second-order valence-electron chi connectivity index (χ2n) is 4.93. The molecule has 1 saturated heterocycles. The molecule has 4 nitrogen and oxygen atoms in total. The lowest BCUT2D eigenvalue weighted by Gasteiger charge is -2.26. The predicted octanol–water partition coefficient (Wildman–Crippen LogP) is 1.25. The summed E-state index contributed by atoms with van der Waals surface area (Å²) >= 11 is 0. The van der Waals surface area contributed by atoms with Crippen molar-refractivity contribution in [1.82, 2.24) is 4.90 Å². The summed E-state index contributed by atoms with van der Waals surface area (Å²) < 4.78 is 5.51. The van der Waals surface area contributed by atoms with Crippen LogP contribution >= 0.6 is 0 Å². The standard InChI is InChI=1S/C16H20N2O2/c1-12-15(9-11-20-12)18(2)16(19)14-7-5-13(6-8-14)4-3-10-17/h5-8,12,15H,9-11,17H2,1-2H3. The predicted molar refractivity (Wildman–Crippen MR) is 78.3 cm³/mol. The minimum Gasteiger partial charge on any atom is -0.376 e. The van der Waals surface area contributed by atoms with Gasteiger partial charge in [0.25, 0.3) is 5.91 Å². The number of nitrogens with zero attached hydrogens (tertiary/aromatic N) is 1. The lowest BCUT2D eigenvalue weighted by molar-refractivity contribution is 0.0574. The maximum Gasteiger partial charge on any atom is 0.253 e. The highest BCUT2D eigenvalue weighted by molar-refractivity contribution is 5.94. The van der Waals surface area contributed by atoms with Crippen molar-refractivity contribution in [3.63, 3.8) is 0 Å². The molecule has 1 aromatic rings. The van der Waals surface area contributed by atoms with E-state index in [0.717, 1.165) is 18.6 Å². The molecule has 0 aliphatic carbocycles. The Bertz CT molecular complexity index is 528. The van der Waals surface area contributed by atoms with Crippen LogP contribution < -0.4 is 5.73 Å². The molecule has 1 fully saturated rings. The Balaban J connectivity index is 2.08. The topological polar surface area (TPSA) is 55.6 Å². The number of hydrogen-bond donors (Lipinski definition) is 1. The van der Waals surface area contributed by atoms with E-state index in [2.05, 4.69) is 11.8 Å². The molecule has 0 spiro atoms. The average Bonchev–Trinajstić information content (AvgIpc) is 2.90. The normalized spacial score (nSPS) is 21.1. The number of carbonyl (C=O) groups is 1. The van der Waals surface area contributed by atoms with Gasteiger partial charge in [-0.2, -0.15) is 0 Å². The van der Waals surface area contributed by atoms with Crippen molar-refractivity contribution < 1.29 is 9.53 Å². The summed E-state index contributed by atoms with van der Waals surface area (Å²) in [7, 11) is 1.83. The van der Waals surface area contributed by atoms with Gasteiger partial charge in [-0.05, 0) is 37.6 Å². The van der Waals surface area contributed by atoms with E-state index in [0.29, 0.717) is 12.1 Å². The second-order valence-corrected chi connectivity index (χ2v) is 4.93. The minimum atomic E-state index is 0.0192. The first-order chi connectivity index (χ1) is 9.63. The van der Waals surface area contributed by atoms with Crippen LogP contribution in [0.15, 0.2) is 24.3 Å². The number of amides is 1. The third-order valence-corrected chi connectivity index (χ3v) is 3.62. The Morgan fingerprint density at radius 1 is 1.45 bits per heavy atom. The molecule has 2 rings (SSSR count). The van der Waals surface area contributed by atoms with E-state index in [-0.39, 0.29) is 18.1 Å². The number of likely N-dealkylation sites (N-methyl/N-ethyl adjacent to an activating group) is 1. The van der Waals surface area contributed by atoms with Crippen molar-refractivity contribution in [2.24, 2.45) is 5.73 Å². The summed E-state index contributed by atoms with van der Waals surface area (Å²) in [5.41, 5.74) is 6.87. The second kappa shape index (κ2) is 6.56. The molecule has 1 amide bonds. The van der Waals surface area contributed by atoms with E-state index >= 15 is 0 Å². The Hall–Kier alpha value is -1.83. The number of nitrogens with two attached hydrogens (primary N) is 1. The summed E-state index contributed by atoms with van der Waals surface area (Å²) in [6.45, 7) is 3.06. The summed E-state index contributed by atoms with van der Waals surface area (Å²) in [4.78, 5) is 14.2. The number of ether oxygens (including phenoxy) is 1. The van der Waals surface area contributed by atoms with Crippen molar-refractivity contribution in [2.75, 3.05) is 20.2 Å². The van der Waals surface area contributed by atoms with Crippen molar-refractivity contribution in [1.29, 1.82) is 0 Å². The molecule has 2 unspecified atom stereocenters. The van der Waals surface area contributed by atoms with Gasteiger partial charge < -0.3 is 15.4 Å².